The van der Waals surface area contributed by atoms with Gasteiger partial charge in [-0.15, -0.1) is 0 Å². The van der Waals surface area contributed by atoms with Crippen LogP contribution in [0.2, 0.25) is 0 Å². The lowest BCUT2D eigenvalue weighted by molar-refractivity contribution is 0.580. The molecule has 0 saturated carbocycles. The van der Waals surface area contributed by atoms with Crippen molar-refractivity contribution in [2.24, 2.45) is 0 Å². The highest BCUT2D eigenvalue weighted by Gasteiger charge is 2.12. The molecule has 0 heterocycles. The summed E-state index contributed by atoms with van der Waals surface area (Å²) >= 11 is 0. The largest absolute Gasteiger partial charge is 0.398 e. The van der Waals surface area contributed by atoms with Crippen molar-refractivity contribution in [2.45, 2.75) is 12.3 Å². The zero-order chi connectivity index (χ0) is 13.7. The lowest BCUT2D eigenvalue weighted by atomic mass is 10.2. The van der Waals surface area contributed by atoms with E-state index >= 15 is 0 Å². The number of benzene rings is 2. The molecule has 19 heavy (non-hydrogen) atoms. The molecule has 2 aromatic rings. The second-order valence-corrected chi connectivity index (χ2v) is 6.07. The Hall–Kier alpha value is -1.85. The minimum atomic E-state index is -3.39. The van der Waals surface area contributed by atoms with E-state index in [-0.39, 0.29) is 12.3 Å². The number of nitrogen functional groups attached to an aromatic ring is 1. The summed E-state index contributed by atoms with van der Waals surface area (Å²) in [5.41, 5.74) is 7.77. The van der Waals surface area contributed by atoms with E-state index in [4.69, 9.17) is 5.73 Å². The Bertz CT molecular complexity index is 640. The summed E-state index contributed by atoms with van der Waals surface area (Å²) in [6.07, 6.45) is 0. The predicted molar refractivity (Wildman–Crippen MR) is 76.8 cm³/mol. The summed E-state index contributed by atoms with van der Waals surface area (Å²) in [5, 5.41) is 0. The normalized spacial score (nSPS) is 11.4. The molecule has 0 aliphatic carbocycles. The number of rotatable bonds is 5. The summed E-state index contributed by atoms with van der Waals surface area (Å²) in [7, 11) is -3.39. The molecule has 0 aliphatic heterocycles. The highest BCUT2D eigenvalue weighted by Crippen LogP contribution is 2.13. The zero-order valence-electron chi connectivity index (χ0n) is 10.4. The smallest absolute Gasteiger partial charge is 0.216 e. The molecule has 0 unspecified atom stereocenters. The van der Waals surface area contributed by atoms with Crippen molar-refractivity contribution in [3.8, 4) is 0 Å². The Morgan fingerprint density at radius 2 is 1.58 bits per heavy atom. The Balaban J connectivity index is 2.02. The third-order valence-corrected chi connectivity index (χ3v) is 4.01. The maximum Gasteiger partial charge on any atom is 0.216 e. The molecule has 0 saturated heterocycles. The van der Waals surface area contributed by atoms with Crippen molar-refractivity contribution in [1.82, 2.24) is 4.72 Å². The molecular weight excluding hydrogens is 260 g/mol. The molecule has 2 rings (SSSR count). The van der Waals surface area contributed by atoms with Gasteiger partial charge in [-0.1, -0.05) is 48.5 Å². The van der Waals surface area contributed by atoms with E-state index in [1.54, 1.807) is 24.3 Å². The van der Waals surface area contributed by atoms with E-state index in [2.05, 4.69) is 4.72 Å². The minimum absolute atomic E-state index is 0.105. The molecule has 3 N–H and O–H groups in total. The molecule has 0 radical (unpaired) electrons. The van der Waals surface area contributed by atoms with Crippen LogP contribution in [-0.2, 0) is 22.3 Å². The van der Waals surface area contributed by atoms with E-state index < -0.39 is 10.0 Å². The average Bonchev–Trinajstić information content (AvgIpc) is 2.40. The van der Waals surface area contributed by atoms with Gasteiger partial charge in [-0.05, 0) is 17.2 Å². The Morgan fingerprint density at radius 3 is 2.26 bits per heavy atom. The Labute approximate surface area is 113 Å². The van der Waals surface area contributed by atoms with Crippen molar-refractivity contribution < 1.29 is 8.42 Å². The van der Waals surface area contributed by atoms with Crippen molar-refractivity contribution in [3.05, 3.63) is 65.7 Å². The third kappa shape index (κ3) is 4.08. The van der Waals surface area contributed by atoms with Crippen molar-refractivity contribution in [2.75, 3.05) is 5.73 Å². The lowest BCUT2D eigenvalue weighted by Crippen LogP contribution is -2.25. The number of para-hydroxylation sites is 1. The second kappa shape index (κ2) is 5.86. The van der Waals surface area contributed by atoms with Crippen molar-refractivity contribution in [1.29, 1.82) is 0 Å². The van der Waals surface area contributed by atoms with Gasteiger partial charge < -0.3 is 5.73 Å². The molecule has 100 valence electrons. The van der Waals surface area contributed by atoms with E-state index in [9.17, 15) is 8.42 Å². The molecule has 0 aromatic heterocycles. The van der Waals surface area contributed by atoms with E-state index in [1.165, 1.54) is 0 Å². The monoisotopic (exact) mass is 276 g/mol. The van der Waals surface area contributed by atoms with Crippen LogP contribution < -0.4 is 10.5 Å². The Morgan fingerprint density at radius 1 is 0.947 bits per heavy atom. The highest BCUT2D eigenvalue weighted by molar-refractivity contribution is 7.88. The maximum atomic E-state index is 12.0. The standard InChI is InChI=1S/C14H16N2O2S/c15-14-9-5-4-8-13(14)11-19(17,18)16-10-12-6-2-1-3-7-12/h1-9,16H,10-11,15H2. The van der Waals surface area contributed by atoms with Crippen molar-refractivity contribution in [3.63, 3.8) is 0 Å². The molecule has 5 heteroatoms. The molecule has 0 atom stereocenters. The van der Waals surface area contributed by atoms with Crippen LogP contribution in [0, 0.1) is 0 Å². The van der Waals surface area contributed by atoms with Crippen LogP contribution in [0.1, 0.15) is 11.1 Å². The SMILES string of the molecule is Nc1ccccc1CS(=O)(=O)NCc1ccccc1. The fraction of sp³-hybridized carbons (Fsp3) is 0.143. The van der Waals surface area contributed by atoms with Gasteiger partial charge in [-0.25, -0.2) is 13.1 Å². The topological polar surface area (TPSA) is 72.2 Å². The summed E-state index contributed by atoms with van der Waals surface area (Å²) in [5.74, 6) is -0.105. The second-order valence-electron chi connectivity index (χ2n) is 4.26. The third-order valence-electron chi connectivity index (χ3n) is 2.74. The van der Waals surface area contributed by atoms with Crippen LogP contribution in [0.15, 0.2) is 54.6 Å². The van der Waals surface area contributed by atoms with Crippen LogP contribution in [0.25, 0.3) is 0 Å². The van der Waals surface area contributed by atoms with Crippen LogP contribution in [-0.4, -0.2) is 8.42 Å². The van der Waals surface area contributed by atoms with Gasteiger partial charge in [0.25, 0.3) is 0 Å². The fourth-order valence-electron chi connectivity index (χ4n) is 1.71. The number of nitrogens with two attached hydrogens (primary N) is 1. The predicted octanol–water partition coefficient (Wildman–Crippen LogP) is 1.89. The van der Waals surface area contributed by atoms with Gasteiger partial charge in [0.1, 0.15) is 0 Å². The molecular formula is C14H16N2O2S. The van der Waals surface area contributed by atoms with E-state index in [1.807, 2.05) is 30.3 Å². The zero-order valence-corrected chi connectivity index (χ0v) is 11.2. The first-order chi connectivity index (χ1) is 9.07. The number of anilines is 1. The van der Waals surface area contributed by atoms with Crippen LogP contribution in [0.4, 0.5) is 5.69 Å². The van der Waals surface area contributed by atoms with Gasteiger partial charge in [0.05, 0.1) is 5.75 Å². The number of nitrogens with one attached hydrogen (secondary N) is 1. The first-order valence-electron chi connectivity index (χ1n) is 5.91. The molecule has 0 amide bonds. The van der Waals surface area contributed by atoms with Gasteiger partial charge in [0, 0.05) is 12.2 Å². The maximum absolute atomic E-state index is 12.0. The van der Waals surface area contributed by atoms with E-state index in [0.29, 0.717) is 11.3 Å². The van der Waals surface area contributed by atoms with Gasteiger partial charge in [0.15, 0.2) is 0 Å². The lowest BCUT2D eigenvalue weighted by Gasteiger charge is -2.08. The van der Waals surface area contributed by atoms with Crippen LogP contribution in [0.5, 0.6) is 0 Å². The molecule has 0 bridgehead atoms. The molecule has 2 aromatic carbocycles. The van der Waals surface area contributed by atoms with Gasteiger partial charge >= 0.3 is 0 Å². The van der Waals surface area contributed by atoms with Gasteiger partial charge in [-0.3, -0.25) is 0 Å². The average molecular weight is 276 g/mol. The first kappa shape index (κ1) is 13.6. The minimum Gasteiger partial charge on any atom is -0.398 e. The summed E-state index contributed by atoms with van der Waals surface area (Å²) < 4.78 is 26.5. The number of sulfonamides is 1. The molecule has 0 aliphatic rings. The van der Waals surface area contributed by atoms with Crippen molar-refractivity contribution >= 4 is 15.7 Å². The number of hydrogen-bond acceptors (Lipinski definition) is 3. The summed E-state index contributed by atoms with van der Waals surface area (Å²) in [6, 6.07) is 16.4. The van der Waals surface area contributed by atoms with Crippen LogP contribution in [0.3, 0.4) is 0 Å². The van der Waals surface area contributed by atoms with Gasteiger partial charge in [-0.2, -0.15) is 0 Å². The van der Waals surface area contributed by atoms with Gasteiger partial charge in [0.2, 0.25) is 10.0 Å². The Kier molecular flexibility index (Phi) is 4.19. The summed E-state index contributed by atoms with van der Waals surface area (Å²) in [4.78, 5) is 0. The fourth-order valence-corrected chi connectivity index (χ4v) is 2.87. The van der Waals surface area contributed by atoms with E-state index in [0.717, 1.165) is 5.56 Å². The molecule has 0 fully saturated rings. The molecule has 4 nitrogen and oxygen atoms in total. The highest BCUT2D eigenvalue weighted by atomic mass is 32.2. The quantitative estimate of drug-likeness (QED) is 0.819. The summed E-state index contributed by atoms with van der Waals surface area (Å²) in [6.45, 7) is 0.288. The van der Waals surface area contributed by atoms with Crippen LogP contribution >= 0.6 is 0 Å². The first-order valence-corrected chi connectivity index (χ1v) is 7.57. The molecule has 0 spiro atoms. The number of hydrogen-bond donors (Lipinski definition) is 2.